The minimum Gasteiger partial charge on any atom is -0.397 e. The second-order valence-electron chi connectivity index (χ2n) is 11.4. The van der Waals surface area contributed by atoms with Gasteiger partial charge in [-0.2, -0.15) is 0 Å². The minimum atomic E-state index is -0.748. The third-order valence-electron chi connectivity index (χ3n) is 8.63. The van der Waals surface area contributed by atoms with Crippen LogP contribution in [0.1, 0.15) is 24.4 Å². The molecule has 0 unspecified atom stereocenters. The smallest absolute Gasteiger partial charge is 0.326 e. The number of aromatic amines is 1. The third kappa shape index (κ3) is 6.37. The molecule has 1 aromatic heterocycles. The number of anilines is 2. The fourth-order valence-electron chi connectivity index (χ4n) is 6.24. The van der Waals surface area contributed by atoms with Crippen LogP contribution in [-0.2, 0) is 11.2 Å². The highest BCUT2D eigenvalue weighted by molar-refractivity contribution is 9.11. The van der Waals surface area contributed by atoms with E-state index >= 15 is 0 Å². The predicted octanol–water partition coefficient (Wildman–Crippen LogP) is 4.74. The van der Waals surface area contributed by atoms with Crippen LogP contribution in [-0.4, -0.2) is 76.6 Å². The molecule has 10 nitrogen and oxygen atoms in total. The maximum Gasteiger partial charge on any atom is 0.326 e. The topological polar surface area (TPSA) is 120 Å². The molecule has 0 radical (unpaired) electrons. The number of amides is 3. The van der Waals surface area contributed by atoms with Gasteiger partial charge in [0.25, 0.3) is 0 Å². The molecule has 4 aromatic rings. The Morgan fingerprint density at radius 3 is 2.20 bits per heavy atom. The lowest BCUT2D eigenvalue weighted by Crippen LogP contribution is -2.57. The average molecular weight is 725 g/mol. The van der Waals surface area contributed by atoms with Crippen LogP contribution in [0.2, 0.25) is 0 Å². The number of piperidine rings is 1. The highest BCUT2D eigenvalue weighted by Gasteiger charge is 2.32. The second kappa shape index (κ2) is 13.1. The van der Waals surface area contributed by atoms with Crippen molar-refractivity contribution in [2.24, 2.45) is 0 Å². The summed E-state index contributed by atoms with van der Waals surface area (Å²) in [5, 5.41) is 3.06. The molecule has 2 saturated heterocycles. The molecule has 0 saturated carbocycles. The van der Waals surface area contributed by atoms with Crippen LogP contribution in [0.25, 0.3) is 11.0 Å². The van der Waals surface area contributed by atoms with Crippen LogP contribution in [0.15, 0.2) is 80.5 Å². The number of rotatable bonds is 6. The van der Waals surface area contributed by atoms with E-state index in [4.69, 9.17) is 5.73 Å². The van der Waals surface area contributed by atoms with E-state index in [-0.39, 0.29) is 23.7 Å². The molecule has 2 fully saturated rings. The zero-order valence-electron chi connectivity index (χ0n) is 24.2. The molecule has 12 heteroatoms. The first-order chi connectivity index (χ1) is 21.3. The Labute approximate surface area is 272 Å². The van der Waals surface area contributed by atoms with Gasteiger partial charge in [-0.1, -0.05) is 30.3 Å². The van der Waals surface area contributed by atoms with Crippen molar-refractivity contribution in [1.82, 2.24) is 24.7 Å². The number of hydrogen-bond acceptors (Lipinski definition) is 5. The van der Waals surface area contributed by atoms with Crippen LogP contribution >= 0.6 is 31.9 Å². The molecule has 3 amide bonds. The van der Waals surface area contributed by atoms with Crippen LogP contribution in [0.3, 0.4) is 0 Å². The number of halogens is 2. The number of nitrogens with zero attached hydrogens (tertiary/aromatic N) is 4. The van der Waals surface area contributed by atoms with Crippen molar-refractivity contribution in [3.05, 3.63) is 91.7 Å². The Morgan fingerprint density at radius 2 is 1.52 bits per heavy atom. The summed E-state index contributed by atoms with van der Waals surface area (Å²) < 4.78 is 3.26. The van der Waals surface area contributed by atoms with E-state index in [9.17, 15) is 14.4 Å². The molecule has 1 atom stereocenters. The van der Waals surface area contributed by atoms with E-state index in [2.05, 4.69) is 59.2 Å². The van der Waals surface area contributed by atoms with Crippen molar-refractivity contribution < 1.29 is 9.59 Å². The quantitative estimate of drug-likeness (QED) is 0.248. The second-order valence-corrected chi connectivity index (χ2v) is 13.1. The van der Waals surface area contributed by atoms with Crippen LogP contribution < -0.4 is 21.6 Å². The molecule has 2 aliphatic rings. The lowest BCUT2D eigenvalue weighted by atomic mass is 10.0. The molecule has 230 valence electrons. The minimum absolute atomic E-state index is 0.00878. The number of aromatic nitrogens is 2. The van der Waals surface area contributed by atoms with Crippen molar-refractivity contribution in [3.63, 3.8) is 0 Å². The summed E-state index contributed by atoms with van der Waals surface area (Å²) in [5.41, 5.74) is 10.3. The van der Waals surface area contributed by atoms with Gasteiger partial charge in [0.05, 0.1) is 16.7 Å². The SMILES string of the molecule is Nc1c(Br)cc(C[C@@H](NC(=O)N2CCC(n3c(=O)[nH]c4ccccc43)CC2)C(=O)N2CCN(c3ccccc3)CC2)cc1Br. The average Bonchev–Trinajstić information content (AvgIpc) is 3.39. The zero-order chi connectivity index (χ0) is 30.8. The Hall–Kier alpha value is -3.77. The van der Waals surface area contributed by atoms with E-state index in [1.165, 1.54) is 0 Å². The number of hydrogen-bond donors (Lipinski definition) is 3. The number of piperazine rings is 1. The largest absolute Gasteiger partial charge is 0.397 e. The molecular weight excluding hydrogens is 690 g/mol. The van der Waals surface area contributed by atoms with Gasteiger partial charge in [0.2, 0.25) is 5.91 Å². The van der Waals surface area contributed by atoms with Gasteiger partial charge in [0, 0.05) is 66.4 Å². The van der Waals surface area contributed by atoms with E-state index in [0.717, 1.165) is 44.3 Å². The van der Waals surface area contributed by atoms with Gasteiger partial charge < -0.3 is 30.7 Å². The Bertz CT molecular complexity index is 1680. The number of carbonyl (C=O) groups is 2. The summed E-state index contributed by atoms with van der Waals surface area (Å²) in [6.45, 7) is 3.54. The standard InChI is InChI=1S/C32H35Br2N7O3/c33-24-18-21(19-25(34)29(24)35)20-27(30(42)39-16-14-38(15-17-39)22-6-2-1-3-7-22)37-31(43)40-12-10-23(11-13-40)41-28-9-5-4-8-26(28)36-32(41)44/h1-9,18-19,23,27H,10-17,20,35H2,(H,36,44)(H,37,43)/t27-/m1/s1. The first kappa shape index (κ1) is 30.3. The van der Waals surface area contributed by atoms with Crippen molar-refractivity contribution in [3.8, 4) is 0 Å². The van der Waals surface area contributed by atoms with E-state index in [1.807, 2.05) is 64.1 Å². The lowest BCUT2D eigenvalue weighted by Gasteiger charge is -2.38. The number of nitrogens with two attached hydrogens (primary N) is 1. The number of H-pyrrole nitrogens is 1. The van der Waals surface area contributed by atoms with Gasteiger partial charge in [-0.15, -0.1) is 0 Å². The molecular formula is C32H35Br2N7O3. The van der Waals surface area contributed by atoms with Crippen LogP contribution in [0, 0.1) is 0 Å². The molecule has 0 bridgehead atoms. The number of benzene rings is 3. The molecule has 6 rings (SSSR count). The van der Waals surface area contributed by atoms with Gasteiger partial charge in [-0.05, 0) is 86.7 Å². The molecule has 44 heavy (non-hydrogen) atoms. The summed E-state index contributed by atoms with van der Waals surface area (Å²) in [6.07, 6.45) is 1.61. The normalized spacial score (nSPS) is 16.7. The molecule has 2 aliphatic heterocycles. The molecule has 0 spiro atoms. The fourth-order valence-corrected chi connectivity index (χ4v) is 7.52. The fraction of sp³-hybridized carbons (Fsp3) is 0.344. The maximum absolute atomic E-state index is 14.0. The van der Waals surface area contributed by atoms with Gasteiger partial charge in [0.1, 0.15) is 6.04 Å². The molecule has 3 heterocycles. The Kier molecular flexibility index (Phi) is 8.99. The molecule has 3 aromatic carbocycles. The highest BCUT2D eigenvalue weighted by atomic mass is 79.9. The highest BCUT2D eigenvalue weighted by Crippen LogP contribution is 2.30. The lowest BCUT2D eigenvalue weighted by molar-refractivity contribution is -0.133. The summed E-state index contributed by atoms with van der Waals surface area (Å²) in [6, 6.07) is 20.6. The van der Waals surface area contributed by atoms with Crippen molar-refractivity contribution >= 4 is 66.2 Å². The zero-order valence-corrected chi connectivity index (χ0v) is 27.4. The van der Waals surface area contributed by atoms with E-state index in [0.29, 0.717) is 51.1 Å². The number of para-hydroxylation sites is 3. The van der Waals surface area contributed by atoms with Crippen molar-refractivity contribution in [1.29, 1.82) is 0 Å². The summed E-state index contributed by atoms with van der Waals surface area (Å²) in [5.74, 6) is -0.102. The summed E-state index contributed by atoms with van der Waals surface area (Å²) >= 11 is 7.01. The van der Waals surface area contributed by atoms with Crippen molar-refractivity contribution in [2.75, 3.05) is 49.9 Å². The number of nitrogens with one attached hydrogen (secondary N) is 2. The van der Waals surface area contributed by atoms with Gasteiger partial charge in [-0.3, -0.25) is 9.36 Å². The van der Waals surface area contributed by atoms with E-state index in [1.54, 1.807) is 4.90 Å². The van der Waals surface area contributed by atoms with Gasteiger partial charge in [-0.25, -0.2) is 9.59 Å². The first-order valence-corrected chi connectivity index (χ1v) is 16.4. The third-order valence-corrected chi connectivity index (χ3v) is 9.94. The Balaban J connectivity index is 1.14. The van der Waals surface area contributed by atoms with Gasteiger partial charge in [0.15, 0.2) is 0 Å². The monoisotopic (exact) mass is 723 g/mol. The van der Waals surface area contributed by atoms with Crippen molar-refractivity contribution in [2.45, 2.75) is 31.3 Å². The number of fused-ring (bicyclic) bond motifs is 1. The number of carbonyl (C=O) groups excluding carboxylic acids is 2. The Morgan fingerprint density at radius 1 is 0.886 bits per heavy atom. The number of imidazole rings is 1. The van der Waals surface area contributed by atoms with Crippen LogP contribution in [0.5, 0.6) is 0 Å². The number of nitrogen functional groups attached to an aromatic ring is 1. The summed E-state index contributed by atoms with van der Waals surface area (Å²) in [4.78, 5) is 49.1. The molecule has 0 aliphatic carbocycles. The first-order valence-electron chi connectivity index (χ1n) is 14.9. The maximum atomic E-state index is 14.0. The van der Waals surface area contributed by atoms with E-state index < -0.39 is 6.04 Å². The van der Waals surface area contributed by atoms with Gasteiger partial charge >= 0.3 is 11.7 Å². The predicted molar refractivity (Wildman–Crippen MR) is 180 cm³/mol. The summed E-state index contributed by atoms with van der Waals surface area (Å²) in [7, 11) is 0. The number of urea groups is 1. The molecule has 4 N–H and O–H groups in total. The number of likely N-dealkylation sites (tertiary alicyclic amines) is 1. The van der Waals surface area contributed by atoms with Crippen LogP contribution in [0.4, 0.5) is 16.2 Å².